The third-order valence-corrected chi connectivity index (χ3v) is 2.76. The van der Waals surface area contributed by atoms with E-state index in [1.807, 2.05) is 0 Å². The van der Waals surface area contributed by atoms with Crippen LogP contribution in [0.3, 0.4) is 0 Å². The van der Waals surface area contributed by atoms with E-state index in [1.54, 1.807) is 7.11 Å². The summed E-state index contributed by atoms with van der Waals surface area (Å²) >= 11 is 0. The molecule has 0 radical (unpaired) electrons. The SMILES string of the molecule is CCc1cc(OC)cc(C)c1C(C)(C)C. The van der Waals surface area contributed by atoms with Gasteiger partial charge in [0.1, 0.15) is 5.75 Å². The molecular weight excluding hydrogens is 184 g/mol. The summed E-state index contributed by atoms with van der Waals surface area (Å²) in [5, 5.41) is 0. The number of hydrogen-bond donors (Lipinski definition) is 0. The van der Waals surface area contributed by atoms with Gasteiger partial charge in [0.15, 0.2) is 0 Å². The largest absolute Gasteiger partial charge is 0.497 e. The number of aryl methyl sites for hydroxylation is 2. The maximum Gasteiger partial charge on any atom is 0.119 e. The second-order valence-electron chi connectivity index (χ2n) is 5.08. The van der Waals surface area contributed by atoms with Gasteiger partial charge in [0.05, 0.1) is 7.11 Å². The van der Waals surface area contributed by atoms with Crippen LogP contribution in [0.25, 0.3) is 0 Å². The lowest BCUT2D eigenvalue weighted by Crippen LogP contribution is -2.16. The third-order valence-electron chi connectivity index (χ3n) is 2.76. The molecule has 0 aliphatic heterocycles. The zero-order chi connectivity index (χ0) is 11.6. The molecule has 0 fully saturated rings. The molecule has 0 spiro atoms. The first kappa shape index (κ1) is 12.1. The molecule has 84 valence electrons. The molecule has 0 bridgehead atoms. The Morgan fingerprint density at radius 1 is 1.20 bits per heavy atom. The molecule has 0 amide bonds. The van der Waals surface area contributed by atoms with E-state index in [4.69, 9.17) is 4.74 Å². The normalized spacial score (nSPS) is 11.6. The van der Waals surface area contributed by atoms with Crippen LogP contribution >= 0.6 is 0 Å². The van der Waals surface area contributed by atoms with Crippen molar-refractivity contribution in [2.45, 2.75) is 46.5 Å². The fourth-order valence-electron chi connectivity index (χ4n) is 2.29. The van der Waals surface area contributed by atoms with Gasteiger partial charge in [0.2, 0.25) is 0 Å². The van der Waals surface area contributed by atoms with Crippen molar-refractivity contribution in [1.82, 2.24) is 0 Å². The van der Waals surface area contributed by atoms with Crippen molar-refractivity contribution >= 4 is 0 Å². The van der Waals surface area contributed by atoms with Crippen LogP contribution in [0, 0.1) is 6.92 Å². The summed E-state index contributed by atoms with van der Waals surface area (Å²) in [4.78, 5) is 0. The molecule has 0 N–H and O–H groups in total. The van der Waals surface area contributed by atoms with Crippen molar-refractivity contribution in [3.63, 3.8) is 0 Å². The third kappa shape index (κ3) is 2.53. The zero-order valence-corrected chi connectivity index (χ0v) is 10.8. The number of methoxy groups -OCH3 is 1. The Bertz CT molecular complexity index is 345. The molecule has 0 heterocycles. The predicted octanol–water partition coefficient (Wildman–Crippen LogP) is 3.86. The van der Waals surface area contributed by atoms with E-state index < -0.39 is 0 Å². The van der Waals surface area contributed by atoms with Crippen LogP contribution in [0.5, 0.6) is 5.75 Å². The van der Waals surface area contributed by atoms with Crippen LogP contribution in [0.15, 0.2) is 12.1 Å². The van der Waals surface area contributed by atoms with Crippen LogP contribution in [0.4, 0.5) is 0 Å². The predicted molar refractivity (Wildman–Crippen MR) is 65.8 cm³/mol. The van der Waals surface area contributed by atoms with Crippen molar-refractivity contribution in [2.75, 3.05) is 7.11 Å². The molecule has 1 aromatic rings. The summed E-state index contributed by atoms with van der Waals surface area (Å²) in [5.74, 6) is 0.970. The number of rotatable bonds is 2. The first-order valence-electron chi connectivity index (χ1n) is 5.58. The summed E-state index contributed by atoms with van der Waals surface area (Å²) in [6.45, 7) is 11.2. The van der Waals surface area contributed by atoms with Crippen molar-refractivity contribution < 1.29 is 4.74 Å². The Labute approximate surface area is 93.5 Å². The lowest BCUT2D eigenvalue weighted by atomic mass is 9.80. The molecule has 0 unspecified atom stereocenters. The van der Waals surface area contributed by atoms with Gasteiger partial charge in [-0.05, 0) is 47.6 Å². The average molecular weight is 206 g/mol. The minimum Gasteiger partial charge on any atom is -0.497 e. The quantitative estimate of drug-likeness (QED) is 0.714. The molecule has 0 atom stereocenters. The van der Waals surface area contributed by atoms with Crippen molar-refractivity contribution in [3.8, 4) is 5.75 Å². The molecule has 1 heteroatoms. The van der Waals surface area contributed by atoms with Gasteiger partial charge in [0.25, 0.3) is 0 Å². The first-order valence-corrected chi connectivity index (χ1v) is 5.58. The van der Waals surface area contributed by atoms with E-state index in [2.05, 4.69) is 46.8 Å². The highest BCUT2D eigenvalue weighted by atomic mass is 16.5. The molecule has 0 aliphatic carbocycles. The van der Waals surface area contributed by atoms with Crippen molar-refractivity contribution in [3.05, 3.63) is 28.8 Å². The number of ether oxygens (including phenoxy) is 1. The van der Waals surface area contributed by atoms with Gasteiger partial charge in [-0.3, -0.25) is 0 Å². The van der Waals surface area contributed by atoms with Gasteiger partial charge >= 0.3 is 0 Å². The van der Waals surface area contributed by atoms with E-state index in [9.17, 15) is 0 Å². The first-order chi connectivity index (χ1) is 6.90. The highest BCUT2D eigenvalue weighted by molar-refractivity contribution is 5.45. The minimum atomic E-state index is 0.210. The highest BCUT2D eigenvalue weighted by Gasteiger charge is 2.20. The van der Waals surface area contributed by atoms with Crippen LogP contribution in [0.2, 0.25) is 0 Å². The minimum absolute atomic E-state index is 0.210. The molecule has 15 heavy (non-hydrogen) atoms. The summed E-state index contributed by atoms with van der Waals surface area (Å²) in [6.07, 6.45) is 1.06. The van der Waals surface area contributed by atoms with Gasteiger partial charge in [-0.2, -0.15) is 0 Å². The molecule has 1 aromatic carbocycles. The smallest absolute Gasteiger partial charge is 0.119 e. The summed E-state index contributed by atoms with van der Waals surface area (Å²) < 4.78 is 5.31. The molecule has 0 saturated heterocycles. The summed E-state index contributed by atoms with van der Waals surface area (Å²) in [6, 6.07) is 4.29. The summed E-state index contributed by atoms with van der Waals surface area (Å²) in [7, 11) is 1.73. The van der Waals surface area contributed by atoms with E-state index >= 15 is 0 Å². The van der Waals surface area contributed by atoms with E-state index in [0.29, 0.717) is 0 Å². The maximum absolute atomic E-state index is 5.31. The van der Waals surface area contributed by atoms with Gasteiger partial charge in [0, 0.05) is 0 Å². The zero-order valence-electron chi connectivity index (χ0n) is 10.8. The maximum atomic E-state index is 5.31. The van der Waals surface area contributed by atoms with Crippen LogP contribution in [0.1, 0.15) is 44.4 Å². The molecule has 0 saturated carbocycles. The fraction of sp³-hybridized carbons (Fsp3) is 0.571. The highest BCUT2D eigenvalue weighted by Crippen LogP contribution is 2.32. The molecule has 1 rings (SSSR count). The molecule has 0 aliphatic rings. The lowest BCUT2D eigenvalue weighted by Gasteiger charge is -2.25. The van der Waals surface area contributed by atoms with Crippen molar-refractivity contribution in [2.24, 2.45) is 0 Å². The second-order valence-corrected chi connectivity index (χ2v) is 5.08. The van der Waals surface area contributed by atoms with Crippen LogP contribution in [-0.2, 0) is 11.8 Å². The van der Waals surface area contributed by atoms with Crippen LogP contribution in [-0.4, -0.2) is 7.11 Å². The number of benzene rings is 1. The molecular formula is C14H22O. The second kappa shape index (κ2) is 4.26. The Kier molecular flexibility index (Phi) is 3.43. The average Bonchev–Trinajstić information content (AvgIpc) is 2.14. The van der Waals surface area contributed by atoms with Gasteiger partial charge in [-0.25, -0.2) is 0 Å². The number of hydrogen-bond acceptors (Lipinski definition) is 1. The monoisotopic (exact) mass is 206 g/mol. The Hall–Kier alpha value is -0.980. The molecule has 1 nitrogen and oxygen atoms in total. The van der Waals surface area contributed by atoms with Crippen LogP contribution < -0.4 is 4.74 Å². The lowest BCUT2D eigenvalue weighted by molar-refractivity contribution is 0.413. The molecule has 0 aromatic heterocycles. The topological polar surface area (TPSA) is 9.23 Å². The Balaban J connectivity index is 3.38. The van der Waals surface area contributed by atoms with Gasteiger partial charge in [-0.1, -0.05) is 27.7 Å². The van der Waals surface area contributed by atoms with E-state index in [0.717, 1.165) is 12.2 Å². The van der Waals surface area contributed by atoms with E-state index in [1.165, 1.54) is 16.7 Å². The Morgan fingerprint density at radius 3 is 2.20 bits per heavy atom. The van der Waals surface area contributed by atoms with Crippen molar-refractivity contribution in [1.29, 1.82) is 0 Å². The van der Waals surface area contributed by atoms with E-state index in [-0.39, 0.29) is 5.41 Å². The Morgan fingerprint density at radius 2 is 1.80 bits per heavy atom. The van der Waals surface area contributed by atoms with Gasteiger partial charge in [-0.15, -0.1) is 0 Å². The summed E-state index contributed by atoms with van der Waals surface area (Å²) in [5.41, 5.74) is 4.41. The standard InChI is InChI=1S/C14H22O/c1-7-11-9-12(15-6)8-10(2)13(11)14(3,4)5/h8-9H,7H2,1-6H3. The fourth-order valence-corrected chi connectivity index (χ4v) is 2.29. The van der Waals surface area contributed by atoms with Gasteiger partial charge < -0.3 is 4.74 Å².